The number of anilines is 1. The number of carbonyl (C=O) groups excluding carboxylic acids is 2. The van der Waals surface area contributed by atoms with Gasteiger partial charge in [0.05, 0.1) is 34.3 Å². The van der Waals surface area contributed by atoms with Gasteiger partial charge in [-0.05, 0) is 60.1 Å². The van der Waals surface area contributed by atoms with Gasteiger partial charge in [-0.1, -0.05) is 80.2 Å². The van der Waals surface area contributed by atoms with Gasteiger partial charge in [0.1, 0.15) is 17.4 Å². The highest BCUT2D eigenvalue weighted by Crippen LogP contribution is 2.61. The zero-order chi connectivity index (χ0) is 32.4. The molecule has 3 aromatic rings. The SMILES string of the molecule is COc1cc(C(=O)NSC)ccc1NC(=O)[C@@H]1C[C@@H](CC(C)(C)C)[C@](C#N)(c2cccc(Cl)c2F)[C@H]1c1cccc(Cl)c1F. The van der Waals surface area contributed by atoms with Crippen molar-refractivity contribution in [1.29, 1.82) is 5.26 Å². The zero-order valence-electron chi connectivity index (χ0n) is 24.9. The largest absolute Gasteiger partial charge is 0.495 e. The predicted octanol–water partition coefficient (Wildman–Crippen LogP) is 8.54. The van der Waals surface area contributed by atoms with Gasteiger partial charge in [0, 0.05) is 29.2 Å². The van der Waals surface area contributed by atoms with Crippen LogP contribution in [0.25, 0.3) is 0 Å². The lowest BCUT2D eigenvalue weighted by molar-refractivity contribution is -0.120. The Hall–Kier alpha value is -3.32. The number of hydrogen-bond acceptors (Lipinski definition) is 5. The molecule has 3 aromatic carbocycles. The van der Waals surface area contributed by atoms with Crippen LogP contribution in [-0.4, -0.2) is 25.2 Å². The summed E-state index contributed by atoms with van der Waals surface area (Å²) >= 11 is 13.6. The van der Waals surface area contributed by atoms with E-state index < -0.39 is 40.7 Å². The number of nitrogens with zero attached hydrogens (tertiary/aromatic N) is 1. The third-order valence-electron chi connectivity index (χ3n) is 8.09. The lowest BCUT2D eigenvalue weighted by atomic mass is 9.62. The molecule has 1 aliphatic carbocycles. The van der Waals surface area contributed by atoms with Gasteiger partial charge in [0.15, 0.2) is 0 Å². The Labute approximate surface area is 270 Å². The first-order chi connectivity index (χ1) is 20.8. The van der Waals surface area contributed by atoms with Crippen LogP contribution in [0, 0.1) is 40.2 Å². The zero-order valence-corrected chi connectivity index (χ0v) is 27.3. The van der Waals surface area contributed by atoms with Crippen molar-refractivity contribution in [3.63, 3.8) is 0 Å². The number of amides is 2. The summed E-state index contributed by atoms with van der Waals surface area (Å²) in [6.07, 6.45) is 2.29. The average molecular weight is 661 g/mol. The first-order valence-corrected chi connectivity index (χ1v) is 15.9. The standard InChI is InChI=1S/C33H33Cl2F2N3O3S/c1-32(2,3)16-19-15-21(31(42)39-25-13-12-18(14-26(25)43-4)30(41)40-44-5)27(20-8-6-10-23(34)28(20)36)33(19,17-38)22-9-7-11-24(35)29(22)37/h6-14,19,21,27H,15-16H2,1-5H3,(H,39,42)(H,40,41)/t19-,21+,27-,33+/m0/s1. The van der Waals surface area contributed by atoms with E-state index in [4.69, 9.17) is 27.9 Å². The van der Waals surface area contributed by atoms with Crippen LogP contribution in [0.5, 0.6) is 5.75 Å². The van der Waals surface area contributed by atoms with Crippen LogP contribution in [0.3, 0.4) is 0 Å². The Balaban J connectivity index is 1.91. The van der Waals surface area contributed by atoms with Gasteiger partial charge in [-0.15, -0.1) is 0 Å². The second-order valence-corrected chi connectivity index (χ2v) is 13.5. The van der Waals surface area contributed by atoms with E-state index in [2.05, 4.69) is 16.1 Å². The molecule has 0 aromatic heterocycles. The molecule has 232 valence electrons. The van der Waals surface area contributed by atoms with Crippen molar-refractivity contribution in [3.05, 3.63) is 93.0 Å². The Kier molecular flexibility index (Phi) is 10.2. The third kappa shape index (κ3) is 6.39. The molecular formula is C33H33Cl2F2N3O3S. The van der Waals surface area contributed by atoms with E-state index in [-0.39, 0.29) is 50.4 Å². The second-order valence-electron chi connectivity index (χ2n) is 12.0. The number of nitriles is 1. The van der Waals surface area contributed by atoms with Crippen molar-refractivity contribution in [2.75, 3.05) is 18.7 Å². The maximum atomic E-state index is 15.9. The lowest BCUT2D eigenvalue weighted by Crippen LogP contribution is -2.39. The number of methoxy groups -OCH3 is 1. The summed E-state index contributed by atoms with van der Waals surface area (Å²) in [6.45, 7) is 5.97. The van der Waals surface area contributed by atoms with Crippen LogP contribution in [0.4, 0.5) is 14.5 Å². The molecule has 0 unspecified atom stereocenters. The summed E-state index contributed by atoms with van der Waals surface area (Å²) in [5.41, 5.74) is -1.38. The van der Waals surface area contributed by atoms with Crippen molar-refractivity contribution < 1.29 is 23.1 Å². The Morgan fingerprint density at radius 3 is 2.36 bits per heavy atom. The van der Waals surface area contributed by atoms with Crippen LogP contribution in [-0.2, 0) is 10.2 Å². The van der Waals surface area contributed by atoms with E-state index in [1.54, 1.807) is 18.4 Å². The molecule has 6 nitrogen and oxygen atoms in total. The number of ether oxygens (including phenoxy) is 1. The van der Waals surface area contributed by atoms with Crippen LogP contribution in [0.2, 0.25) is 10.0 Å². The fourth-order valence-electron chi connectivity index (χ4n) is 6.41. The van der Waals surface area contributed by atoms with Gasteiger partial charge in [0.25, 0.3) is 5.91 Å². The molecule has 44 heavy (non-hydrogen) atoms. The Morgan fingerprint density at radius 2 is 1.75 bits per heavy atom. The van der Waals surface area contributed by atoms with E-state index in [0.717, 1.165) is 11.9 Å². The van der Waals surface area contributed by atoms with Crippen LogP contribution in [0.1, 0.15) is 61.0 Å². The third-order valence-corrected chi connectivity index (χ3v) is 9.06. The summed E-state index contributed by atoms with van der Waals surface area (Å²) in [7, 11) is 1.41. The van der Waals surface area contributed by atoms with Gasteiger partial charge < -0.3 is 10.1 Å². The maximum Gasteiger partial charge on any atom is 0.261 e. The molecule has 0 radical (unpaired) electrons. The molecule has 1 fully saturated rings. The molecule has 1 aliphatic rings. The maximum absolute atomic E-state index is 15.9. The first kappa shape index (κ1) is 33.6. The van der Waals surface area contributed by atoms with Crippen molar-refractivity contribution in [1.82, 2.24) is 4.72 Å². The van der Waals surface area contributed by atoms with Gasteiger partial charge in [-0.3, -0.25) is 14.3 Å². The molecule has 0 aliphatic heterocycles. The fraction of sp³-hybridized carbons (Fsp3) is 0.364. The highest BCUT2D eigenvalue weighted by atomic mass is 35.5. The number of carbonyl (C=O) groups is 2. The molecular weight excluding hydrogens is 627 g/mol. The number of rotatable bonds is 8. The van der Waals surface area contributed by atoms with Gasteiger partial charge in [-0.2, -0.15) is 5.26 Å². The number of halogens is 4. The molecule has 4 rings (SSSR count). The van der Waals surface area contributed by atoms with Gasteiger partial charge in [-0.25, -0.2) is 8.78 Å². The summed E-state index contributed by atoms with van der Waals surface area (Å²) < 4.78 is 40.0. The summed E-state index contributed by atoms with van der Waals surface area (Å²) in [6, 6.07) is 15.8. The molecule has 0 heterocycles. The van der Waals surface area contributed by atoms with Gasteiger partial charge in [0.2, 0.25) is 5.91 Å². The molecule has 4 atom stereocenters. The minimum atomic E-state index is -1.68. The van der Waals surface area contributed by atoms with Crippen molar-refractivity contribution >= 4 is 52.7 Å². The van der Waals surface area contributed by atoms with Crippen LogP contribution >= 0.6 is 35.1 Å². The number of benzene rings is 3. The number of nitrogens with one attached hydrogen (secondary N) is 2. The van der Waals surface area contributed by atoms with Crippen molar-refractivity contribution in [3.8, 4) is 11.8 Å². The quantitative estimate of drug-likeness (QED) is 0.237. The molecule has 0 saturated heterocycles. The molecule has 1 saturated carbocycles. The molecule has 11 heteroatoms. The van der Waals surface area contributed by atoms with Crippen LogP contribution in [0.15, 0.2) is 54.6 Å². The van der Waals surface area contributed by atoms with Crippen molar-refractivity contribution in [2.24, 2.45) is 17.3 Å². The second kappa shape index (κ2) is 13.4. The van der Waals surface area contributed by atoms with Gasteiger partial charge >= 0.3 is 0 Å². The van der Waals surface area contributed by atoms with E-state index in [9.17, 15) is 14.9 Å². The first-order valence-electron chi connectivity index (χ1n) is 13.9. The molecule has 0 spiro atoms. The predicted molar refractivity (Wildman–Crippen MR) is 171 cm³/mol. The smallest absolute Gasteiger partial charge is 0.261 e. The number of hydrogen-bond donors (Lipinski definition) is 2. The highest BCUT2D eigenvalue weighted by Gasteiger charge is 2.61. The topological polar surface area (TPSA) is 91.2 Å². The normalized spacial score (nSPS) is 21.4. The average Bonchev–Trinajstić information content (AvgIpc) is 3.29. The Bertz CT molecular complexity index is 1620. The summed E-state index contributed by atoms with van der Waals surface area (Å²) in [5, 5.41) is 13.5. The molecule has 2 amide bonds. The lowest BCUT2D eigenvalue weighted by Gasteiger charge is -2.38. The molecule has 0 bridgehead atoms. The van der Waals surface area contributed by atoms with Crippen LogP contribution < -0.4 is 14.8 Å². The highest BCUT2D eigenvalue weighted by molar-refractivity contribution is 7.97. The summed E-state index contributed by atoms with van der Waals surface area (Å²) in [5.74, 6) is -4.89. The molecule has 2 N–H and O–H groups in total. The minimum Gasteiger partial charge on any atom is -0.495 e. The summed E-state index contributed by atoms with van der Waals surface area (Å²) in [4.78, 5) is 26.6. The van der Waals surface area contributed by atoms with Crippen molar-refractivity contribution in [2.45, 2.75) is 44.9 Å². The van der Waals surface area contributed by atoms with E-state index >= 15 is 8.78 Å². The van der Waals surface area contributed by atoms with E-state index in [1.165, 1.54) is 49.6 Å². The monoisotopic (exact) mass is 659 g/mol. The van der Waals surface area contributed by atoms with E-state index in [0.29, 0.717) is 12.0 Å². The fourth-order valence-corrected chi connectivity index (χ4v) is 7.07. The Morgan fingerprint density at radius 1 is 1.09 bits per heavy atom. The van der Waals surface area contributed by atoms with E-state index in [1.807, 2.05) is 20.8 Å². The minimum absolute atomic E-state index is 0.00293.